The van der Waals surface area contributed by atoms with E-state index in [1.54, 1.807) is 4.57 Å². The van der Waals surface area contributed by atoms with Gasteiger partial charge in [0, 0.05) is 24.8 Å². The first kappa shape index (κ1) is 36.9. The Morgan fingerprint density at radius 1 is 0.809 bits per heavy atom. The molecule has 242 valence electrons. The van der Waals surface area contributed by atoms with E-state index in [2.05, 4.69) is 17.1 Å². The van der Waals surface area contributed by atoms with Gasteiger partial charge >= 0.3 is 29.6 Å². The Balaban J connectivity index is 0.00000500. The molecule has 3 aromatic carbocycles. The molecular weight excluding hydrogens is 645 g/mol. The summed E-state index contributed by atoms with van der Waals surface area (Å²) in [4.78, 5) is 22.0. The van der Waals surface area contributed by atoms with Crippen LogP contribution in [0.1, 0.15) is 73.9 Å². The van der Waals surface area contributed by atoms with Gasteiger partial charge in [0.1, 0.15) is 11.4 Å². The summed E-state index contributed by atoms with van der Waals surface area (Å²) < 4.78 is 39.5. The van der Waals surface area contributed by atoms with Crippen molar-refractivity contribution >= 4 is 21.7 Å². The number of fused-ring (bicyclic) bond motifs is 1. The molecule has 0 aromatic heterocycles. The second-order valence-electron chi connectivity index (χ2n) is 11.6. The summed E-state index contributed by atoms with van der Waals surface area (Å²) in [6.45, 7) is 0.558. The summed E-state index contributed by atoms with van der Waals surface area (Å²) in [7, 11) is -4.09. The van der Waals surface area contributed by atoms with Crippen LogP contribution in [0.25, 0.3) is 17.1 Å². The van der Waals surface area contributed by atoms with Crippen molar-refractivity contribution in [2.45, 2.75) is 64.2 Å². The van der Waals surface area contributed by atoms with Gasteiger partial charge in [-0.1, -0.05) is 117 Å². The molecule has 2 aliphatic heterocycles. The summed E-state index contributed by atoms with van der Waals surface area (Å²) in [5.74, 6) is 0.964. The maximum Gasteiger partial charge on any atom is 1.00 e. The molecule has 0 unspecified atom stereocenters. The van der Waals surface area contributed by atoms with Crippen molar-refractivity contribution in [2.24, 2.45) is 0 Å². The minimum atomic E-state index is -4.09. The standard InChI is InChI=1S/C36H40ClN3O5S.Na/c37-30-23-28(19-20-34(30)45-21-13-5-3-1-2-4-6-14-22-46(42,43)44)25-32-36(41)40-26-33(29-17-11-8-12-18-29)38-31(35(40)39-32)24-27-15-9-7-10-16-27;/h7-12,15-20,23,26,38H,1-6,13-14,21-22,24-25H2,(H,42,43,44);/q;+1/p-1. The molecule has 0 atom stereocenters. The SMILES string of the molecule is O=c1c(Cc2ccc(OCCCCCCCCCCS(=O)(=O)[O-])c(Cl)c2)nc2c(Cc3ccccc3)[nH]c(-c3ccccc3)cn1-2.[Na+]. The molecule has 0 amide bonds. The van der Waals surface area contributed by atoms with Crippen LogP contribution in [0, 0.1) is 0 Å². The van der Waals surface area contributed by atoms with Crippen LogP contribution in [0.15, 0.2) is 89.9 Å². The summed E-state index contributed by atoms with van der Waals surface area (Å²) >= 11 is 6.58. The van der Waals surface area contributed by atoms with Crippen LogP contribution in [0.3, 0.4) is 0 Å². The summed E-state index contributed by atoms with van der Waals surface area (Å²) in [5, 5.41) is 0.498. The van der Waals surface area contributed by atoms with Crippen LogP contribution in [-0.4, -0.2) is 39.9 Å². The van der Waals surface area contributed by atoms with E-state index in [0.29, 0.717) is 48.2 Å². The number of benzene rings is 3. The fourth-order valence-corrected chi connectivity index (χ4v) is 6.38. The Bertz CT molecular complexity index is 1850. The largest absolute Gasteiger partial charge is 1.00 e. The van der Waals surface area contributed by atoms with Gasteiger partial charge in [-0.05, 0) is 41.7 Å². The molecule has 2 heterocycles. The summed E-state index contributed by atoms with van der Waals surface area (Å²) in [6, 6.07) is 25.7. The van der Waals surface area contributed by atoms with Crippen molar-refractivity contribution < 1.29 is 47.3 Å². The Morgan fingerprint density at radius 3 is 2.11 bits per heavy atom. The quantitative estimate of drug-likeness (QED) is 0.0874. The molecule has 0 aliphatic carbocycles. The minimum absolute atomic E-state index is 0. The van der Waals surface area contributed by atoms with Crippen LogP contribution in [0.2, 0.25) is 5.02 Å². The van der Waals surface area contributed by atoms with Crippen LogP contribution >= 0.6 is 11.6 Å². The Labute approximate surface area is 303 Å². The Kier molecular flexibility index (Phi) is 14.1. The topological polar surface area (TPSA) is 117 Å². The first-order valence-electron chi connectivity index (χ1n) is 15.8. The predicted molar refractivity (Wildman–Crippen MR) is 181 cm³/mol. The van der Waals surface area contributed by atoms with Gasteiger partial charge in [-0.2, -0.15) is 0 Å². The fourth-order valence-electron chi connectivity index (χ4n) is 5.57. The number of aromatic nitrogens is 3. The third-order valence-electron chi connectivity index (χ3n) is 7.97. The van der Waals surface area contributed by atoms with Gasteiger partial charge in [-0.15, -0.1) is 0 Å². The van der Waals surface area contributed by atoms with Gasteiger partial charge in [0.25, 0.3) is 5.56 Å². The van der Waals surface area contributed by atoms with E-state index in [1.807, 2.05) is 72.9 Å². The second-order valence-corrected chi connectivity index (χ2v) is 13.5. The number of hydrogen-bond acceptors (Lipinski definition) is 6. The average molecular weight is 684 g/mol. The molecular formula is C36H39ClN3NaO5S. The number of aromatic amines is 1. The van der Waals surface area contributed by atoms with E-state index in [0.717, 1.165) is 73.0 Å². The number of nitrogens with one attached hydrogen (secondary N) is 1. The molecule has 0 fully saturated rings. The Hall–Kier alpha value is -2.92. The number of hydrogen-bond donors (Lipinski definition) is 1. The molecule has 5 rings (SSSR count). The average Bonchev–Trinajstić information content (AvgIpc) is 3.36. The molecule has 11 heteroatoms. The van der Waals surface area contributed by atoms with Crippen LogP contribution in [0.5, 0.6) is 5.75 Å². The van der Waals surface area contributed by atoms with E-state index in [9.17, 15) is 17.8 Å². The number of halogens is 1. The molecule has 0 spiro atoms. The summed E-state index contributed by atoms with van der Waals surface area (Å²) in [5.41, 5.74) is 5.00. The Morgan fingerprint density at radius 2 is 1.45 bits per heavy atom. The molecule has 0 bridgehead atoms. The van der Waals surface area contributed by atoms with E-state index in [4.69, 9.17) is 21.3 Å². The normalized spacial score (nSPS) is 11.4. The zero-order valence-electron chi connectivity index (χ0n) is 26.8. The van der Waals surface area contributed by atoms with Crippen molar-refractivity contribution in [1.82, 2.24) is 14.5 Å². The number of imidazole rings is 1. The molecule has 1 N–H and O–H groups in total. The molecule has 0 saturated heterocycles. The van der Waals surface area contributed by atoms with Crippen LogP contribution in [-0.2, 0) is 23.0 Å². The molecule has 3 aromatic rings. The van der Waals surface area contributed by atoms with Crippen molar-refractivity contribution in [3.8, 4) is 22.8 Å². The molecule has 0 saturated carbocycles. The first-order chi connectivity index (χ1) is 22.3. The minimum Gasteiger partial charge on any atom is -0.748 e. The zero-order chi connectivity index (χ0) is 32.4. The smallest absolute Gasteiger partial charge is 0.748 e. The fraction of sp³-hybridized carbons (Fsp3) is 0.333. The first-order valence-corrected chi connectivity index (χ1v) is 17.8. The maximum atomic E-state index is 13.6. The summed E-state index contributed by atoms with van der Waals surface area (Å²) in [6.07, 6.45) is 10.1. The molecule has 47 heavy (non-hydrogen) atoms. The van der Waals surface area contributed by atoms with Gasteiger partial charge < -0.3 is 14.3 Å². The number of ether oxygens (including phenoxy) is 1. The van der Waals surface area contributed by atoms with Gasteiger partial charge in [0.15, 0.2) is 5.82 Å². The van der Waals surface area contributed by atoms with E-state index < -0.39 is 10.1 Å². The zero-order valence-corrected chi connectivity index (χ0v) is 30.4. The van der Waals surface area contributed by atoms with Crippen LogP contribution < -0.4 is 39.9 Å². The van der Waals surface area contributed by atoms with Gasteiger partial charge in [-0.25, -0.2) is 13.4 Å². The third kappa shape index (κ3) is 11.1. The number of rotatable bonds is 17. The number of unbranched alkanes of at least 4 members (excludes halogenated alkanes) is 7. The maximum absolute atomic E-state index is 13.6. The second kappa shape index (κ2) is 18.0. The monoisotopic (exact) mass is 683 g/mol. The van der Waals surface area contributed by atoms with Crippen molar-refractivity contribution in [2.75, 3.05) is 12.4 Å². The van der Waals surface area contributed by atoms with Crippen molar-refractivity contribution in [1.29, 1.82) is 0 Å². The third-order valence-corrected chi connectivity index (χ3v) is 9.06. The van der Waals surface area contributed by atoms with Crippen molar-refractivity contribution in [3.05, 3.63) is 123 Å². The number of H-pyrrole nitrogens is 1. The van der Waals surface area contributed by atoms with Crippen LogP contribution in [0.4, 0.5) is 0 Å². The van der Waals surface area contributed by atoms with Gasteiger partial charge in [0.2, 0.25) is 0 Å². The predicted octanol–water partition coefficient (Wildman–Crippen LogP) is 4.55. The van der Waals surface area contributed by atoms with E-state index in [1.165, 1.54) is 0 Å². The molecule has 8 nitrogen and oxygen atoms in total. The van der Waals surface area contributed by atoms with E-state index >= 15 is 0 Å². The van der Waals surface area contributed by atoms with Gasteiger partial charge in [0.05, 0.1) is 33.1 Å². The molecule has 0 radical (unpaired) electrons. The van der Waals surface area contributed by atoms with Gasteiger partial charge in [-0.3, -0.25) is 9.36 Å². The number of nitrogens with zero attached hydrogens (tertiary/aromatic N) is 2. The van der Waals surface area contributed by atoms with E-state index in [-0.39, 0.29) is 40.9 Å². The van der Waals surface area contributed by atoms with Crippen molar-refractivity contribution in [3.63, 3.8) is 0 Å². The molecule has 2 aliphatic rings.